The standard InChI is InChI=1S/C14H21NO3/c1-8(2)6-11(16)15-13-10-5-4-9(7-10)12(13)14(17)18-3/h6,9-10,12-13H,4-5,7H2,1-3H3,(H,15,16)/t9-,10-,12-,13+/m0/s1. The van der Waals surface area contributed by atoms with E-state index in [9.17, 15) is 9.59 Å². The Morgan fingerprint density at radius 1 is 1.22 bits per heavy atom. The van der Waals surface area contributed by atoms with E-state index in [2.05, 4.69) is 5.32 Å². The van der Waals surface area contributed by atoms with Crippen molar-refractivity contribution in [3.8, 4) is 0 Å². The number of hydrogen-bond donors (Lipinski definition) is 1. The first-order valence-electron chi connectivity index (χ1n) is 6.56. The number of ether oxygens (including phenoxy) is 1. The molecule has 2 aliphatic rings. The Morgan fingerprint density at radius 3 is 2.50 bits per heavy atom. The van der Waals surface area contributed by atoms with Crippen molar-refractivity contribution in [1.29, 1.82) is 0 Å². The molecule has 0 heterocycles. The zero-order valence-electron chi connectivity index (χ0n) is 11.2. The number of allylic oxidation sites excluding steroid dienone is 1. The first kappa shape index (κ1) is 13.1. The maximum atomic E-state index is 11.8. The highest BCUT2D eigenvalue weighted by Gasteiger charge is 2.51. The molecule has 0 aromatic rings. The third-order valence-electron chi connectivity index (χ3n) is 4.12. The highest BCUT2D eigenvalue weighted by molar-refractivity contribution is 5.89. The number of carbonyl (C=O) groups is 2. The van der Waals surface area contributed by atoms with Crippen LogP contribution in [-0.2, 0) is 14.3 Å². The van der Waals surface area contributed by atoms with Gasteiger partial charge < -0.3 is 10.1 Å². The van der Waals surface area contributed by atoms with Gasteiger partial charge in [-0.25, -0.2) is 0 Å². The van der Waals surface area contributed by atoms with Crippen molar-refractivity contribution in [3.63, 3.8) is 0 Å². The average molecular weight is 251 g/mol. The van der Waals surface area contributed by atoms with E-state index in [-0.39, 0.29) is 23.8 Å². The van der Waals surface area contributed by atoms with Crippen LogP contribution in [0.5, 0.6) is 0 Å². The van der Waals surface area contributed by atoms with Crippen LogP contribution in [0.2, 0.25) is 0 Å². The van der Waals surface area contributed by atoms with E-state index < -0.39 is 0 Å². The second kappa shape index (κ2) is 5.12. The van der Waals surface area contributed by atoms with Crippen LogP contribution in [0.25, 0.3) is 0 Å². The molecular weight excluding hydrogens is 230 g/mol. The molecule has 2 fully saturated rings. The lowest BCUT2D eigenvalue weighted by molar-refractivity contribution is -0.148. The molecule has 18 heavy (non-hydrogen) atoms. The molecule has 0 saturated heterocycles. The number of amides is 1. The Labute approximate surface area is 108 Å². The zero-order chi connectivity index (χ0) is 13.3. The largest absolute Gasteiger partial charge is 0.469 e. The minimum absolute atomic E-state index is 0.0423. The average Bonchev–Trinajstić information content (AvgIpc) is 2.87. The lowest BCUT2D eigenvalue weighted by atomic mass is 9.84. The van der Waals surface area contributed by atoms with Crippen LogP contribution in [0, 0.1) is 17.8 Å². The molecule has 0 aliphatic heterocycles. The third-order valence-corrected chi connectivity index (χ3v) is 4.12. The predicted molar refractivity (Wildman–Crippen MR) is 67.7 cm³/mol. The van der Waals surface area contributed by atoms with E-state index >= 15 is 0 Å². The van der Waals surface area contributed by atoms with Crippen LogP contribution in [-0.4, -0.2) is 25.0 Å². The Bertz CT molecular complexity index is 385. The Morgan fingerprint density at radius 2 is 1.89 bits per heavy atom. The molecule has 4 atom stereocenters. The van der Waals surface area contributed by atoms with E-state index in [1.165, 1.54) is 7.11 Å². The lowest BCUT2D eigenvalue weighted by Gasteiger charge is -2.29. The van der Waals surface area contributed by atoms with E-state index in [4.69, 9.17) is 4.74 Å². The second-order valence-electron chi connectivity index (χ2n) is 5.64. The lowest BCUT2D eigenvalue weighted by Crippen LogP contribution is -2.46. The Hall–Kier alpha value is -1.32. The topological polar surface area (TPSA) is 55.4 Å². The van der Waals surface area contributed by atoms with Gasteiger partial charge in [-0.1, -0.05) is 5.57 Å². The number of carbonyl (C=O) groups excluding carboxylic acids is 2. The summed E-state index contributed by atoms with van der Waals surface area (Å²) in [7, 11) is 1.42. The summed E-state index contributed by atoms with van der Waals surface area (Å²) >= 11 is 0. The quantitative estimate of drug-likeness (QED) is 0.613. The van der Waals surface area contributed by atoms with Gasteiger partial charge in [0.25, 0.3) is 0 Å². The molecule has 2 bridgehead atoms. The van der Waals surface area contributed by atoms with Gasteiger partial charge in [-0.3, -0.25) is 9.59 Å². The summed E-state index contributed by atoms with van der Waals surface area (Å²) < 4.78 is 4.87. The van der Waals surface area contributed by atoms with Gasteiger partial charge in [0.15, 0.2) is 0 Å². The maximum Gasteiger partial charge on any atom is 0.311 e. The molecular formula is C14H21NO3. The molecule has 100 valence electrons. The molecule has 0 spiro atoms. The summed E-state index contributed by atoms with van der Waals surface area (Å²) in [6, 6.07) is -0.0423. The molecule has 4 nitrogen and oxygen atoms in total. The summed E-state index contributed by atoms with van der Waals surface area (Å²) in [6.07, 6.45) is 4.82. The fourth-order valence-corrected chi connectivity index (χ4v) is 3.44. The van der Waals surface area contributed by atoms with Crippen molar-refractivity contribution in [2.45, 2.75) is 39.2 Å². The van der Waals surface area contributed by atoms with Gasteiger partial charge in [-0.15, -0.1) is 0 Å². The van der Waals surface area contributed by atoms with E-state index in [1.807, 2.05) is 13.8 Å². The van der Waals surface area contributed by atoms with Gasteiger partial charge >= 0.3 is 5.97 Å². The number of rotatable bonds is 3. The fraction of sp³-hybridized carbons (Fsp3) is 0.714. The molecule has 2 rings (SSSR count). The number of methoxy groups -OCH3 is 1. The fourth-order valence-electron chi connectivity index (χ4n) is 3.44. The van der Waals surface area contributed by atoms with Crippen LogP contribution < -0.4 is 5.32 Å². The van der Waals surface area contributed by atoms with Crippen molar-refractivity contribution < 1.29 is 14.3 Å². The smallest absolute Gasteiger partial charge is 0.311 e. The van der Waals surface area contributed by atoms with Crippen LogP contribution in [0.1, 0.15) is 33.1 Å². The Balaban J connectivity index is 2.08. The van der Waals surface area contributed by atoms with Gasteiger partial charge in [0, 0.05) is 12.1 Å². The van der Waals surface area contributed by atoms with Crippen molar-refractivity contribution in [2.24, 2.45) is 17.8 Å². The van der Waals surface area contributed by atoms with Gasteiger partial charge in [-0.05, 0) is 44.9 Å². The van der Waals surface area contributed by atoms with Crippen molar-refractivity contribution in [1.82, 2.24) is 5.32 Å². The van der Waals surface area contributed by atoms with Gasteiger partial charge in [0.05, 0.1) is 13.0 Å². The van der Waals surface area contributed by atoms with Crippen LogP contribution in [0.3, 0.4) is 0 Å². The number of esters is 1. The number of hydrogen-bond acceptors (Lipinski definition) is 3. The van der Waals surface area contributed by atoms with E-state index in [1.54, 1.807) is 6.08 Å². The zero-order valence-corrected chi connectivity index (χ0v) is 11.2. The predicted octanol–water partition coefficient (Wildman–Crippen LogP) is 1.66. The molecule has 1 amide bonds. The molecule has 2 aliphatic carbocycles. The van der Waals surface area contributed by atoms with Crippen LogP contribution >= 0.6 is 0 Å². The molecule has 2 saturated carbocycles. The second-order valence-corrected chi connectivity index (χ2v) is 5.64. The highest BCUT2D eigenvalue weighted by atomic mass is 16.5. The summed E-state index contributed by atoms with van der Waals surface area (Å²) in [4.78, 5) is 23.6. The van der Waals surface area contributed by atoms with Crippen molar-refractivity contribution in [2.75, 3.05) is 7.11 Å². The summed E-state index contributed by atoms with van der Waals surface area (Å²) in [6.45, 7) is 3.77. The molecule has 0 radical (unpaired) electrons. The van der Waals surface area contributed by atoms with E-state index in [0.717, 1.165) is 24.8 Å². The SMILES string of the molecule is COC(=O)[C@H]1[C@H]2CC[C@@H](C2)[C@H]1NC(=O)C=C(C)C. The van der Waals surface area contributed by atoms with Crippen molar-refractivity contribution >= 4 is 11.9 Å². The third kappa shape index (κ3) is 2.42. The first-order valence-corrected chi connectivity index (χ1v) is 6.56. The van der Waals surface area contributed by atoms with Crippen LogP contribution in [0.4, 0.5) is 0 Å². The minimum atomic E-state index is -0.176. The number of nitrogens with one attached hydrogen (secondary N) is 1. The highest BCUT2D eigenvalue weighted by Crippen LogP contribution is 2.48. The van der Waals surface area contributed by atoms with Gasteiger partial charge in [-0.2, -0.15) is 0 Å². The molecule has 0 aromatic carbocycles. The summed E-state index contributed by atoms with van der Waals surface area (Å²) in [5.41, 5.74) is 0.963. The van der Waals surface area contributed by atoms with E-state index in [0.29, 0.717) is 11.8 Å². The summed E-state index contributed by atoms with van der Waals surface area (Å²) in [5, 5.41) is 2.99. The van der Waals surface area contributed by atoms with Gasteiger partial charge in [0.2, 0.25) is 5.91 Å². The van der Waals surface area contributed by atoms with Crippen molar-refractivity contribution in [3.05, 3.63) is 11.6 Å². The Kier molecular flexibility index (Phi) is 3.73. The van der Waals surface area contributed by atoms with Crippen LogP contribution in [0.15, 0.2) is 11.6 Å². The molecule has 0 aromatic heterocycles. The maximum absolute atomic E-state index is 11.8. The molecule has 0 unspecified atom stereocenters. The van der Waals surface area contributed by atoms with Gasteiger partial charge in [0.1, 0.15) is 0 Å². The number of fused-ring (bicyclic) bond motifs is 2. The normalized spacial score (nSPS) is 33.1. The minimum Gasteiger partial charge on any atom is -0.469 e. The molecule has 1 N–H and O–H groups in total. The summed E-state index contributed by atoms with van der Waals surface area (Å²) in [5.74, 6) is 0.405. The first-order chi connectivity index (χ1) is 8.52. The monoisotopic (exact) mass is 251 g/mol. The molecule has 4 heteroatoms.